The maximum absolute atomic E-state index is 12.4. The van der Waals surface area contributed by atoms with Crippen LogP contribution in [-0.4, -0.2) is 24.6 Å². The van der Waals surface area contributed by atoms with Crippen molar-refractivity contribution < 1.29 is 19.1 Å². The fourth-order valence-corrected chi connectivity index (χ4v) is 2.58. The quantitative estimate of drug-likeness (QED) is 0.753. The van der Waals surface area contributed by atoms with E-state index in [0.717, 1.165) is 11.1 Å². The third kappa shape index (κ3) is 4.99. The molecule has 0 fully saturated rings. The molecular formula is C20H22ClNO4. The lowest BCUT2D eigenvalue weighted by atomic mass is 10.1. The highest BCUT2D eigenvalue weighted by molar-refractivity contribution is 6.33. The number of nitrogens with one attached hydrogen (secondary N) is 1. The monoisotopic (exact) mass is 375 g/mol. The Morgan fingerprint density at radius 1 is 1.15 bits per heavy atom. The normalized spacial score (nSPS) is 11.6. The Hall–Kier alpha value is -2.53. The van der Waals surface area contributed by atoms with Crippen LogP contribution in [0.1, 0.15) is 35.3 Å². The number of benzene rings is 2. The minimum Gasteiger partial charge on any atom is -0.481 e. The van der Waals surface area contributed by atoms with Gasteiger partial charge in [0, 0.05) is 5.69 Å². The third-order valence-corrected chi connectivity index (χ3v) is 4.06. The van der Waals surface area contributed by atoms with Crippen molar-refractivity contribution in [1.82, 2.24) is 0 Å². The van der Waals surface area contributed by atoms with Gasteiger partial charge in [0.25, 0.3) is 5.91 Å². The molecule has 2 aromatic rings. The number of amides is 1. The van der Waals surface area contributed by atoms with Gasteiger partial charge < -0.3 is 14.8 Å². The van der Waals surface area contributed by atoms with E-state index < -0.39 is 12.1 Å². The number of anilines is 1. The summed E-state index contributed by atoms with van der Waals surface area (Å²) >= 11 is 6.03. The molecule has 0 unspecified atom stereocenters. The number of hydrogen-bond donors (Lipinski definition) is 1. The van der Waals surface area contributed by atoms with E-state index in [1.807, 2.05) is 32.0 Å². The van der Waals surface area contributed by atoms with Crippen molar-refractivity contribution in [2.45, 2.75) is 33.8 Å². The Morgan fingerprint density at radius 2 is 1.88 bits per heavy atom. The second-order valence-corrected chi connectivity index (χ2v) is 6.34. The van der Waals surface area contributed by atoms with Crippen LogP contribution in [0.2, 0.25) is 5.02 Å². The summed E-state index contributed by atoms with van der Waals surface area (Å²) in [6.45, 7) is 7.54. The lowest BCUT2D eigenvalue weighted by Gasteiger charge is -2.17. The Balaban J connectivity index is 2.09. The molecule has 6 heteroatoms. The highest BCUT2D eigenvalue weighted by Crippen LogP contribution is 2.23. The molecule has 0 aliphatic heterocycles. The molecule has 0 aliphatic carbocycles. The molecule has 0 heterocycles. The van der Waals surface area contributed by atoms with E-state index in [-0.39, 0.29) is 23.1 Å². The van der Waals surface area contributed by atoms with E-state index in [4.69, 9.17) is 21.1 Å². The summed E-state index contributed by atoms with van der Waals surface area (Å²) in [7, 11) is 0. The number of rotatable bonds is 6. The predicted octanol–water partition coefficient (Wildman–Crippen LogP) is 4.54. The first kappa shape index (κ1) is 19.8. The van der Waals surface area contributed by atoms with Crippen molar-refractivity contribution in [3.63, 3.8) is 0 Å². The van der Waals surface area contributed by atoms with Gasteiger partial charge in [-0.3, -0.25) is 4.79 Å². The van der Waals surface area contributed by atoms with Gasteiger partial charge in [-0.15, -0.1) is 0 Å². The van der Waals surface area contributed by atoms with Gasteiger partial charge in [-0.1, -0.05) is 29.3 Å². The molecule has 0 aromatic heterocycles. The van der Waals surface area contributed by atoms with Crippen molar-refractivity contribution in [2.24, 2.45) is 0 Å². The Bertz CT molecular complexity index is 819. The summed E-state index contributed by atoms with van der Waals surface area (Å²) < 4.78 is 10.7. The molecule has 1 N–H and O–H groups in total. The van der Waals surface area contributed by atoms with E-state index in [1.54, 1.807) is 26.0 Å². The van der Waals surface area contributed by atoms with E-state index in [1.165, 1.54) is 6.07 Å². The van der Waals surface area contributed by atoms with Crippen molar-refractivity contribution in [3.05, 3.63) is 58.1 Å². The molecule has 2 aromatic carbocycles. The number of esters is 1. The first-order chi connectivity index (χ1) is 12.3. The van der Waals surface area contributed by atoms with Gasteiger partial charge in [0.1, 0.15) is 5.75 Å². The summed E-state index contributed by atoms with van der Waals surface area (Å²) in [5.74, 6) is -0.211. The number of ether oxygens (including phenoxy) is 2. The minimum atomic E-state index is -0.710. The van der Waals surface area contributed by atoms with Gasteiger partial charge >= 0.3 is 5.97 Å². The molecule has 138 valence electrons. The number of halogens is 1. The van der Waals surface area contributed by atoms with Crippen LogP contribution in [0, 0.1) is 13.8 Å². The number of carbonyl (C=O) groups excluding carboxylic acids is 2. The summed E-state index contributed by atoms with van der Waals surface area (Å²) in [6, 6.07) is 10.4. The van der Waals surface area contributed by atoms with Crippen LogP contribution in [-0.2, 0) is 9.53 Å². The van der Waals surface area contributed by atoms with E-state index in [9.17, 15) is 9.59 Å². The van der Waals surface area contributed by atoms with Gasteiger partial charge in [0.2, 0.25) is 0 Å². The van der Waals surface area contributed by atoms with Gasteiger partial charge in [-0.25, -0.2) is 4.79 Å². The predicted molar refractivity (Wildman–Crippen MR) is 102 cm³/mol. The second-order valence-electron chi connectivity index (χ2n) is 5.93. The van der Waals surface area contributed by atoms with Crippen LogP contribution < -0.4 is 10.1 Å². The van der Waals surface area contributed by atoms with Crippen molar-refractivity contribution in [1.29, 1.82) is 0 Å². The van der Waals surface area contributed by atoms with Crippen LogP contribution in [0.4, 0.5) is 5.69 Å². The first-order valence-corrected chi connectivity index (χ1v) is 8.71. The number of aryl methyl sites for hydroxylation is 2. The average Bonchev–Trinajstić information content (AvgIpc) is 2.59. The largest absolute Gasteiger partial charge is 0.481 e. The lowest BCUT2D eigenvalue weighted by Crippen LogP contribution is -2.30. The van der Waals surface area contributed by atoms with E-state index in [0.29, 0.717) is 11.4 Å². The van der Waals surface area contributed by atoms with Gasteiger partial charge in [0.05, 0.1) is 17.2 Å². The molecule has 0 spiro atoms. The van der Waals surface area contributed by atoms with Gasteiger partial charge in [0.15, 0.2) is 6.10 Å². The summed E-state index contributed by atoms with van der Waals surface area (Å²) in [5.41, 5.74) is 2.73. The van der Waals surface area contributed by atoms with Crippen LogP contribution in [0.5, 0.6) is 5.75 Å². The topological polar surface area (TPSA) is 64.6 Å². The summed E-state index contributed by atoms with van der Waals surface area (Å²) in [4.78, 5) is 24.3. The first-order valence-electron chi connectivity index (χ1n) is 8.33. The third-order valence-electron chi connectivity index (χ3n) is 3.73. The minimum absolute atomic E-state index is 0.203. The molecule has 0 radical (unpaired) electrons. The SMILES string of the molecule is CCOC(=O)c1cc(NC(=O)[C@@H](C)Oc2ccc(C)cc2C)ccc1Cl. The van der Waals surface area contributed by atoms with Crippen LogP contribution >= 0.6 is 11.6 Å². The van der Waals surface area contributed by atoms with Crippen LogP contribution in [0.25, 0.3) is 0 Å². The highest BCUT2D eigenvalue weighted by Gasteiger charge is 2.18. The molecular weight excluding hydrogens is 354 g/mol. The van der Waals surface area contributed by atoms with Crippen molar-refractivity contribution in [2.75, 3.05) is 11.9 Å². The Kier molecular flexibility index (Phi) is 6.64. The van der Waals surface area contributed by atoms with Gasteiger partial charge in [-0.2, -0.15) is 0 Å². The van der Waals surface area contributed by atoms with Crippen molar-refractivity contribution in [3.8, 4) is 5.75 Å². The van der Waals surface area contributed by atoms with Crippen LogP contribution in [0.3, 0.4) is 0 Å². The molecule has 2 rings (SSSR count). The van der Waals surface area contributed by atoms with Gasteiger partial charge in [-0.05, 0) is 57.5 Å². The number of carbonyl (C=O) groups is 2. The second kappa shape index (κ2) is 8.72. The van der Waals surface area contributed by atoms with Crippen LogP contribution in [0.15, 0.2) is 36.4 Å². The molecule has 0 saturated heterocycles. The Labute approximate surface area is 158 Å². The fourth-order valence-electron chi connectivity index (χ4n) is 2.39. The van der Waals surface area contributed by atoms with E-state index >= 15 is 0 Å². The van der Waals surface area contributed by atoms with E-state index in [2.05, 4.69) is 5.32 Å². The molecule has 1 amide bonds. The summed E-state index contributed by atoms with van der Waals surface area (Å²) in [5, 5.41) is 2.99. The summed E-state index contributed by atoms with van der Waals surface area (Å²) in [6.07, 6.45) is -0.710. The maximum atomic E-state index is 12.4. The maximum Gasteiger partial charge on any atom is 0.339 e. The van der Waals surface area contributed by atoms with Crippen molar-refractivity contribution >= 4 is 29.2 Å². The molecule has 5 nitrogen and oxygen atoms in total. The zero-order chi connectivity index (χ0) is 19.3. The smallest absolute Gasteiger partial charge is 0.339 e. The zero-order valence-electron chi connectivity index (χ0n) is 15.3. The molecule has 0 bridgehead atoms. The average molecular weight is 376 g/mol. The lowest BCUT2D eigenvalue weighted by molar-refractivity contribution is -0.122. The zero-order valence-corrected chi connectivity index (χ0v) is 16.0. The number of hydrogen-bond acceptors (Lipinski definition) is 4. The standard InChI is InChI=1S/C20H22ClNO4/c1-5-25-20(24)16-11-15(7-8-17(16)21)22-19(23)14(4)26-18-9-6-12(2)10-13(18)3/h6-11,14H,5H2,1-4H3,(H,22,23)/t14-/m1/s1. The molecule has 26 heavy (non-hydrogen) atoms. The molecule has 0 saturated carbocycles. The molecule has 1 atom stereocenters. The fraction of sp³-hybridized carbons (Fsp3) is 0.300. The molecule has 0 aliphatic rings. The Morgan fingerprint density at radius 3 is 2.54 bits per heavy atom. The highest BCUT2D eigenvalue weighted by atomic mass is 35.5.